The Morgan fingerprint density at radius 1 is 1.39 bits per heavy atom. The van der Waals surface area contributed by atoms with Crippen molar-refractivity contribution < 1.29 is 19.4 Å². The first-order chi connectivity index (χ1) is 8.63. The van der Waals surface area contributed by atoms with Crippen molar-refractivity contribution in [3.05, 3.63) is 12.7 Å². The quantitative estimate of drug-likeness (QED) is 0.714. The van der Waals surface area contributed by atoms with Crippen molar-refractivity contribution in [2.75, 3.05) is 6.61 Å². The molecule has 1 aliphatic carbocycles. The Labute approximate surface area is 107 Å². The Bertz CT molecular complexity index is 297. The number of hydrogen-bond donors (Lipinski definition) is 2. The molecule has 1 saturated carbocycles. The van der Waals surface area contributed by atoms with E-state index in [1.807, 2.05) is 0 Å². The van der Waals surface area contributed by atoms with E-state index in [9.17, 15) is 9.59 Å². The molecule has 0 bridgehead atoms. The average Bonchev–Trinajstić information content (AvgIpc) is 2.36. The number of ether oxygens (including phenoxy) is 1. The molecule has 18 heavy (non-hydrogen) atoms. The summed E-state index contributed by atoms with van der Waals surface area (Å²) in [4.78, 5) is 22.3. The van der Waals surface area contributed by atoms with Gasteiger partial charge >= 0.3 is 12.1 Å². The molecule has 0 radical (unpaired) electrons. The Morgan fingerprint density at radius 2 is 2.06 bits per heavy atom. The molecule has 0 aromatic heterocycles. The molecule has 0 aromatic carbocycles. The van der Waals surface area contributed by atoms with Crippen molar-refractivity contribution in [3.8, 4) is 0 Å². The van der Waals surface area contributed by atoms with Gasteiger partial charge in [0, 0.05) is 6.04 Å². The number of hydrogen-bond acceptors (Lipinski definition) is 3. The van der Waals surface area contributed by atoms with E-state index in [4.69, 9.17) is 9.84 Å². The molecule has 0 aromatic rings. The lowest BCUT2D eigenvalue weighted by molar-refractivity contribution is -0.137. The summed E-state index contributed by atoms with van der Waals surface area (Å²) in [6, 6.07) is -0.333. The van der Waals surface area contributed by atoms with Crippen molar-refractivity contribution in [2.45, 2.75) is 44.6 Å². The van der Waals surface area contributed by atoms with Gasteiger partial charge in [-0.1, -0.05) is 31.9 Å². The molecule has 0 saturated heterocycles. The first-order valence-corrected chi connectivity index (χ1v) is 6.39. The highest BCUT2D eigenvalue weighted by Gasteiger charge is 2.27. The van der Waals surface area contributed by atoms with E-state index in [1.54, 1.807) is 0 Å². The molecule has 102 valence electrons. The Morgan fingerprint density at radius 3 is 2.61 bits per heavy atom. The minimum atomic E-state index is -0.894. The lowest BCUT2D eigenvalue weighted by Crippen LogP contribution is -2.42. The number of aliphatic carboxylic acids is 1. The van der Waals surface area contributed by atoms with Crippen LogP contribution in [0.3, 0.4) is 0 Å². The largest absolute Gasteiger partial charge is 0.481 e. The molecule has 1 unspecified atom stereocenters. The van der Waals surface area contributed by atoms with Crippen molar-refractivity contribution in [3.63, 3.8) is 0 Å². The Hall–Kier alpha value is -1.52. The molecule has 1 aliphatic rings. The molecule has 5 heteroatoms. The SMILES string of the molecule is C=CCOC(=O)NC(CC(=O)O)C1CCCCC1. The van der Waals surface area contributed by atoms with Crippen LogP contribution in [0.25, 0.3) is 0 Å². The molecular weight excluding hydrogens is 234 g/mol. The van der Waals surface area contributed by atoms with Crippen LogP contribution >= 0.6 is 0 Å². The van der Waals surface area contributed by atoms with Crippen LogP contribution in [0.1, 0.15) is 38.5 Å². The molecule has 1 fully saturated rings. The molecule has 0 aliphatic heterocycles. The predicted octanol–water partition coefficient (Wildman–Crippen LogP) is 2.32. The summed E-state index contributed by atoms with van der Waals surface area (Å²) in [5.41, 5.74) is 0. The molecule has 1 rings (SSSR count). The molecule has 0 heterocycles. The lowest BCUT2D eigenvalue weighted by atomic mass is 9.83. The van der Waals surface area contributed by atoms with Gasteiger partial charge in [0.1, 0.15) is 6.61 Å². The van der Waals surface area contributed by atoms with Crippen LogP contribution in [0.5, 0.6) is 0 Å². The van der Waals surface area contributed by atoms with Gasteiger partial charge in [-0.05, 0) is 18.8 Å². The molecule has 1 amide bonds. The van der Waals surface area contributed by atoms with Crippen molar-refractivity contribution in [1.82, 2.24) is 5.32 Å². The highest BCUT2D eigenvalue weighted by molar-refractivity contribution is 5.71. The molecule has 0 spiro atoms. The normalized spacial score (nSPS) is 17.8. The van der Waals surface area contributed by atoms with Crippen LogP contribution in [-0.2, 0) is 9.53 Å². The number of carboxylic acids is 1. The summed E-state index contributed by atoms with van der Waals surface area (Å²) in [5.74, 6) is -0.652. The van der Waals surface area contributed by atoms with Crippen LogP contribution in [0.4, 0.5) is 4.79 Å². The third kappa shape index (κ3) is 5.21. The van der Waals surface area contributed by atoms with Gasteiger partial charge in [-0.3, -0.25) is 4.79 Å². The van der Waals surface area contributed by atoms with Gasteiger partial charge in [-0.2, -0.15) is 0 Å². The fourth-order valence-electron chi connectivity index (χ4n) is 2.39. The number of rotatable bonds is 6. The van der Waals surface area contributed by atoms with E-state index in [1.165, 1.54) is 12.5 Å². The van der Waals surface area contributed by atoms with Gasteiger partial charge in [0.2, 0.25) is 0 Å². The van der Waals surface area contributed by atoms with E-state index < -0.39 is 12.1 Å². The maximum Gasteiger partial charge on any atom is 0.407 e. The number of amides is 1. The lowest BCUT2D eigenvalue weighted by Gasteiger charge is -2.29. The molecule has 1 atom stereocenters. The summed E-state index contributed by atoms with van der Waals surface area (Å²) in [7, 11) is 0. The number of nitrogens with one attached hydrogen (secondary N) is 1. The fraction of sp³-hybridized carbons (Fsp3) is 0.692. The van der Waals surface area contributed by atoms with E-state index >= 15 is 0 Å². The summed E-state index contributed by atoms with van der Waals surface area (Å²) in [5, 5.41) is 11.6. The maximum atomic E-state index is 11.5. The average molecular weight is 255 g/mol. The van der Waals surface area contributed by atoms with Gasteiger partial charge < -0.3 is 15.2 Å². The summed E-state index contributed by atoms with van der Waals surface area (Å²) < 4.78 is 4.83. The van der Waals surface area contributed by atoms with E-state index in [2.05, 4.69) is 11.9 Å². The first-order valence-electron chi connectivity index (χ1n) is 6.39. The zero-order chi connectivity index (χ0) is 13.4. The van der Waals surface area contributed by atoms with Crippen molar-refractivity contribution >= 4 is 12.1 Å². The summed E-state index contributed by atoms with van der Waals surface area (Å²) in [6.45, 7) is 3.59. The van der Waals surface area contributed by atoms with Crippen LogP contribution in [0, 0.1) is 5.92 Å². The second-order valence-electron chi connectivity index (χ2n) is 4.63. The monoisotopic (exact) mass is 255 g/mol. The zero-order valence-corrected chi connectivity index (χ0v) is 10.6. The molecular formula is C13H21NO4. The maximum absolute atomic E-state index is 11.5. The highest BCUT2D eigenvalue weighted by atomic mass is 16.5. The highest BCUT2D eigenvalue weighted by Crippen LogP contribution is 2.27. The minimum absolute atomic E-state index is 0.0478. The second-order valence-corrected chi connectivity index (χ2v) is 4.63. The van der Waals surface area contributed by atoms with Gasteiger partial charge in [0.25, 0.3) is 0 Å². The van der Waals surface area contributed by atoms with Crippen molar-refractivity contribution in [1.29, 1.82) is 0 Å². The smallest absolute Gasteiger partial charge is 0.407 e. The van der Waals surface area contributed by atoms with Gasteiger partial charge in [0.05, 0.1) is 6.42 Å². The number of carbonyl (C=O) groups excluding carboxylic acids is 1. The number of carbonyl (C=O) groups is 2. The van der Waals surface area contributed by atoms with Gasteiger partial charge in [0.15, 0.2) is 0 Å². The summed E-state index contributed by atoms with van der Waals surface area (Å²) in [6.07, 6.45) is 6.21. The van der Waals surface area contributed by atoms with Crippen LogP contribution in [0.15, 0.2) is 12.7 Å². The van der Waals surface area contributed by atoms with Crippen LogP contribution < -0.4 is 5.32 Å². The van der Waals surface area contributed by atoms with E-state index in [0.717, 1.165) is 25.7 Å². The number of carboxylic acid groups (broad SMARTS) is 1. The second kappa shape index (κ2) is 7.74. The Kier molecular flexibility index (Phi) is 6.25. The Balaban J connectivity index is 2.50. The first kappa shape index (κ1) is 14.5. The third-order valence-electron chi connectivity index (χ3n) is 3.25. The summed E-state index contributed by atoms with van der Waals surface area (Å²) >= 11 is 0. The molecule has 2 N–H and O–H groups in total. The minimum Gasteiger partial charge on any atom is -0.481 e. The third-order valence-corrected chi connectivity index (χ3v) is 3.25. The van der Waals surface area contributed by atoms with Crippen LogP contribution in [-0.4, -0.2) is 29.8 Å². The zero-order valence-electron chi connectivity index (χ0n) is 10.6. The van der Waals surface area contributed by atoms with E-state index in [0.29, 0.717) is 0 Å². The predicted molar refractivity (Wildman–Crippen MR) is 67.3 cm³/mol. The topological polar surface area (TPSA) is 75.6 Å². The molecule has 5 nitrogen and oxygen atoms in total. The number of alkyl carbamates (subject to hydrolysis) is 1. The van der Waals surface area contributed by atoms with Crippen LogP contribution in [0.2, 0.25) is 0 Å². The van der Waals surface area contributed by atoms with Gasteiger partial charge in [-0.25, -0.2) is 4.79 Å². The van der Waals surface area contributed by atoms with Gasteiger partial charge in [-0.15, -0.1) is 0 Å². The van der Waals surface area contributed by atoms with E-state index in [-0.39, 0.29) is 25.0 Å². The van der Waals surface area contributed by atoms with Crippen molar-refractivity contribution in [2.24, 2.45) is 5.92 Å². The standard InChI is InChI=1S/C13H21NO4/c1-2-8-18-13(17)14-11(9-12(15)16)10-6-4-3-5-7-10/h2,10-11H,1,3-9H2,(H,14,17)(H,15,16). The fourth-order valence-corrected chi connectivity index (χ4v) is 2.39.